The third-order valence-corrected chi connectivity index (χ3v) is 3.22. The van der Waals surface area contributed by atoms with Crippen LogP contribution in [0.1, 0.15) is 33.0 Å². The van der Waals surface area contributed by atoms with Crippen LogP contribution in [0.4, 0.5) is 0 Å². The molecule has 5 heteroatoms. The minimum absolute atomic E-state index is 0.125. The van der Waals surface area contributed by atoms with Crippen LogP contribution >= 0.6 is 11.6 Å². The maximum Gasteiger partial charge on any atom is 0.131 e. The number of aryl methyl sites for hydroxylation is 1. The Labute approximate surface area is 123 Å². The van der Waals surface area contributed by atoms with Gasteiger partial charge in [-0.1, -0.05) is 0 Å². The SMILES string of the molecule is CC(=O)CCn1c(CCl)nc2cc(OC(C)C)ccc21. The van der Waals surface area contributed by atoms with Crippen LogP contribution in [0.2, 0.25) is 0 Å². The van der Waals surface area contributed by atoms with Crippen molar-refractivity contribution >= 4 is 28.4 Å². The molecule has 1 aromatic carbocycles. The molecule has 4 nitrogen and oxygen atoms in total. The molecular formula is C15H19ClN2O2. The highest BCUT2D eigenvalue weighted by atomic mass is 35.5. The van der Waals surface area contributed by atoms with Gasteiger partial charge in [-0.25, -0.2) is 4.98 Å². The van der Waals surface area contributed by atoms with E-state index in [2.05, 4.69) is 4.98 Å². The highest BCUT2D eigenvalue weighted by molar-refractivity contribution is 6.16. The fraction of sp³-hybridized carbons (Fsp3) is 0.467. The van der Waals surface area contributed by atoms with Crippen molar-refractivity contribution in [3.63, 3.8) is 0 Å². The van der Waals surface area contributed by atoms with Crippen molar-refractivity contribution in [3.05, 3.63) is 24.0 Å². The van der Waals surface area contributed by atoms with Crippen LogP contribution in [-0.4, -0.2) is 21.4 Å². The number of Topliss-reactive ketones (excluding diaryl/α,β-unsaturated/α-hetero) is 1. The van der Waals surface area contributed by atoms with Gasteiger partial charge in [0.1, 0.15) is 17.4 Å². The van der Waals surface area contributed by atoms with Crippen LogP contribution in [0.15, 0.2) is 18.2 Å². The molecule has 108 valence electrons. The molecule has 0 amide bonds. The van der Waals surface area contributed by atoms with E-state index in [0.29, 0.717) is 18.8 Å². The van der Waals surface area contributed by atoms with Crippen molar-refractivity contribution in [2.45, 2.75) is 45.7 Å². The van der Waals surface area contributed by atoms with E-state index in [1.54, 1.807) is 6.92 Å². The number of hydrogen-bond acceptors (Lipinski definition) is 3. The summed E-state index contributed by atoms with van der Waals surface area (Å²) in [5, 5.41) is 0. The molecule has 20 heavy (non-hydrogen) atoms. The lowest BCUT2D eigenvalue weighted by molar-refractivity contribution is -0.117. The molecule has 0 saturated heterocycles. The van der Waals surface area contributed by atoms with Gasteiger partial charge < -0.3 is 9.30 Å². The quantitative estimate of drug-likeness (QED) is 0.765. The number of nitrogens with zero attached hydrogens (tertiary/aromatic N) is 2. The van der Waals surface area contributed by atoms with Gasteiger partial charge in [-0.05, 0) is 32.9 Å². The van der Waals surface area contributed by atoms with Gasteiger partial charge in [-0.2, -0.15) is 0 Å². The number of imidazole rings is 1. The van der Waals surface area contributed by atoms with Crippen LogP contribution < -0.4 is 4.74 Å². The zero-order valence-electron chi connectivity index (χ0n) is 12.0. The Morgan fingerprint density at radius 1 is 1.45 bits per heavy atom. The second-order valence-electron chi connectivity index (χ2n) is 5.08. The summed E-state index contributed by atoms with van der Waals surface area (Å²) < 4.78 is 7.67. The molecule has 0 N–H and O–H groups in total. The van der Waals surface area contributed by atoms with Crippen LogP contribution in [0.5, 0.6) is 5.75 Å². The summed E-state index contributed by atoms with van der Waals surface area (Å²) in [5.74, 6) is 2.06. The van der Waals surface area contributed by atoms with E-state index in [9.17, 15) is 4.79 Å². The van der Waals surface area contributed by atoms with Crippen molar-refractivity contribution in [3.8, 4) is 5.75 Å². The second kappa shape index (κ2) is 6.27. The summed E-state index contributed by atoms with van der Waals surface area (Å²) >= 11 is 5.94. The van der Waals surface area contributed by atoms with Crippen molar-refractivity contribution in [2.24, 2.45) is 0 Å². The van der Waals surface area contributed by atoms with Crippen molar-refractivity contribution < 1.29 is 9.53 Å². The number of benzene rings is 1. The molecule has 2 aromatic rings. The van der Waals surface area contributed by atoms with Gasteiger partial charge >= 0.3 is 0 Å². The van der Waals surface area contributed by atoms with E-state index < -0.39 is 0 Å². The third kappa shape index (κ3) is 3.31. The number of fused-ring (bicyclic) bond motifs is 1. The van der Waals surface area contributed by atoms with E-state index in [1.165, 1.54) is 0 Å². The van der Waals surface area contributed by atoms with Crippen LogP contribution in [-0.2, 0) is 17.2 Å². The molecule has 0 saturated carbocycles. The Hall–Kier alpha value is -1.55. The van der Waals surface area contributed by atoms with Crippen LogP contribution in [0, 0.1) is 0 Å². The number of carbonyl (C=O) groups excluding carboxylic acids is 1. The normalized spacial score (nSPS) is 11.2. The third-order valence-electron chi connectivity index (χ3n) is 2.98. The molecule has 0 bridgehead atoms. The number of ether oxygens (including phenoxy) is 1. The minimum atomic E-state index is 0.125. The lowest BCUT2D eigenvalue weighted by atomic mass is 10.2. The lowest BCUT2D eigenvalue weighted by Gasteiger charge is -2.10. The topological polar surface area (TPSA) is 44.1 Å². The first-order chi connectivity index (χ1) is 9.51. The van der Waals surface area contributed by atoms with Crippen LogP contribution in [0.3, 0.4) is 0 Å². The molecular weight excluding hydrogens is 276 g/mol. The maximum atomic E-state index is 11.2. The fourth-order valence-electron chi connectivity index (χ4n) is 2.13. The first-order valence-corrected chi connectivity index (χ1v) is 7.26. The van der Waals surface area contributed by atoms with Gasteiger partial charge in [-0.15, -0.1) is 11.6 Å². The maximum absolute atomic E-state index is 11.2. The second-order valence-corrected chi connectivity index (χ2v) is 5.35. The molecule has 0 fully saturated rings. The molecule has 1 heterocycles. The molecule has 0 aliphatic rings. The highest BCUT2D eigenvalue weighted by Crippen LogP contribution is 2.23. The minimum Gasteiger partial charge on any atom is -0.491 e. The molecule has 0 spiro atoms. The predicted molar refractivity (Wildman–Crippen MR) is 80.4 cm³/mol. The first-order valence-electron chi connectivity index (χ1n) is 6.72. The molecule has 0 aliphatic carbocycles. The fourth-order valence-corrected chi connectivity index (χ4v) is 2.33. The largest absolute Gasteiger partial charge is 0.491 e. The summed E-state index contributed by atoms with van der Waals surface area (Å²) in [4.78, 5) is 15.7. The molecule has 0 radical (unpaired) electrons. The molecule has 1 aromatic heterocycles. The van der Waals surface area contributed by atoms with E-state index >= 15 is 0 Å². The number of aromatic nitrogens is 2. The highest BCUT2D eigenvalue weighted by Gasteiger charge is 2.11. The Morgan fingerprint density at radius 2 is 2.20 bits per heavy atom. The summed E-state index contributed by atoms with van der Waals surface area (Å²) in [6, 6.07) is 5.80. The number of hydrogen-bond donors (Lipinski definition) is 0. The van der Waals surface area contributed by atoms with Gasteiger partial charge in [0.2, 0.25) is 0 Å². The van der Waals surface area contributed by atoms with E-state index in [-0.39, 0.29) is 11.9 Å². The Morgan fingerprint density at radius 3 is 2.80 bits per heavy atom. The molecule has 0 unspecified atom stereocenters. The summed E-state index contributed by atoms with van der Waals surface area (Å²) in [7, 11) is 0. The van der Waals surface area contributed by atoms with E-state index in [4.69, 9.17) is 16.3 Å². The van der Waals surface area contributed by atoms with Crippen molar-refractivity contribution in [2.75, 3.05) is 0 Å². The summed E-state index contributed by atoms with van der Waals surface area (Å²) in [6.07, 6.45) is 0.610. The van der Waals surface area contributed by atoms with Gasteiger partial charge in [-0.3, -0.25) is 4.79 Å². The molecule has 2 rings (SSSR count). The number of carbonyl (C=O) groups is 1. The summed E-state index contributed by atoms with van der Waals surface area (Å²) in [5.41, 5.74) is 1.83. The smallest absolute Gasteiger partial charge is 0.131 e. The first kappa shape index (κ1) is 14.9. The van der Waals surface area contributed by atoms with Crippen molar-refractivity contribution in [1.29, 1.82) is 0 Å². The number of alkyl halides is 1. The number of ketones is 1. The van der Waals surface area contributed by atoms with E-state index in [1.807, 2.05) is 36.6 Å². The Kier molecular flexibility index (Phi) is 4.65. The van der Waals surface area contributed by atoms with Crippen LogP contribution in [0.25, 0.3) is 11.0 Å². The zero-order valence-corrected chi connectivity index (χ0v) is 12.8. The average Bonchev–Trinajstić information content (AvgIpc) is 2.72. The van der Waals surface area contributed by atoms with Crippen molar-refractivity contribution in [1.82, 2.24) is 9.55 Å². The van der Waals surface area contributed by atoms with Gasteiger partial charge in [0, 0.05) is 19.0 Å². The van der Waals surface area contributed by atoms with Gasteiger partial charge in [0.05, 0.1) is 23.0 Å². The van der Waals surface area contributed by atoms with E-state index in [0.717, 1.165) is 22.6 Å². The average molecular weight is 295 g/mol. The Bertz CT molecular complexity index is 620. The van der Waals surface area contributed by atoms with Gasteiger partial charge in [0.25, 0.3) is 0 Å². The number of rotatable bonds is 6. The molecule has 0 aliphatic heterocycles. The van der Waals surface area contributed by atoms with Gasteiger partial charge in [0.15, 0.2) is 0 Å². The Balaban J connectivity index is 2.38. The monoisotopic (exact) mass is 294 g/mol. The standard InChI is InChI=1S/C15H19ClN2O2/c1-10(2)20-12-4-5-14-13(8-12)17-15(9-16)18(14)7-6-11(3)19/h4-5,8,10H,6-7,9H2,1-3H3. The lowest BCUT2D eigenvalue weighted by Crippen LogP contribution is -2.06. The summed E-state index contributed by atoms with van der Waals surface area (Å²) in [6.45, 7) is 6.17. The molecule has 0 atom stereocenters. The zero-order chi connectivity index (χ0) is 14.7. The predicted octanol–water partition coefficient (Wildman–Crippen LogP) is 3.54. The number of halogens is 1.